The van der Waals surface area contributed by atoms with Crippen molar-refractivity contribution in [3.63, 3.8) is 0 Å². The van der Waals surface area contributed by atoms with Gasteiger partial charge in [-0.3, -0.25) is 0 Å². The lowest BCUT2D eigenvalue weighted by molar-refractivity contribution is 0.470. The SMILES string of the molecule is Fc1ccc2nc(C3CC4CCC3N4)n(C3CC3)c2c1. The monoisotopic (exact) mass is 271 g/mol. The Balaban J connectivity index is 1.69. The third-order valence-electron chi connectivity index (χ3n) is 5.22. The van der Waals surface area contributed by atoms with Crippen LogP contribution in [0.1, 0.15) is 49.9 Å². The molecule has 2 aliphatic heterocycles. The molecule has 1 aromatic heterocycles. The molecule has 3 nitrogen and oxygen atoms in total. The third-order valence-corrected chi connectivity index (χ3v) is 5.22. The Morgan fingerprint density at radius 1 is 1.20 bits per heavy atom. The molecule has 104 valence electrons. The molecule has 1 N–H and O–H groups in total. The molecular formula is C16H18FN3. The van der Waals surface area contributed by atoms with E-state index in [-0.39, 0.29) is 5.82 Å². The van der Waals surface area contributed by atoms with Crippen LogP contribution in [0.5, 0.6) is 0 Å². The molecule has 5 rings (SSSR count). The Morgan fingerprint density at radius 2 is 2.10 bits per heavy atom. The van der Waals surface area contributed by atoms with Crippen molar-refractivity contribution in [2.45, 2.75) is 56.1 Å². The highest BCUT2D eigenvalue weighted by atomic mass is 19.1. The molecule has 3 unspecified atom stereocenters. The van der Waals surface area contributed by atoms with E-state index in [0.29, 0.717) is 24.0 Å². The summed E-state index contributed by atoms with van der Waals surface area (Å²) in [5, 5.41) is 3.69. The number of nitrogens with one attached hydrogen (secondary N) is 1. The second-order valence-electron chi connectivity index (χ2n) is 6.59. The normalized spacial score (nSPS) is 32.4. The highest BCUT2D eigenvalue weighted by Gasteiger charge is 2.43. The maximum atomic E-state index is 13.6. The molecule has 2 bridgehead atoms. The Hall–Kier alpha value is -1.42. The molecule has 1 aliphatic carbocycles. The molecule has 20 heavy (non-hydrogen) atoms. The van der Waals surface area contributed by atoms with Crippen LogP contribution in [-0.4, -0.2) is 21.6 Å². The first-order chi connectivity index (χ1) is 9.79. The summed E-state index contributed by atoms with van der Waals surface area (Å²) in [4.78, 5) is 4.87. The Kier molecular flexibility index (Phi) is 2.15. The van der Waals surface area contributed by atoms with Crippen LogP contribution in [0.2, 0.25) is 0 Å². The number of rotatable bonds is 2. The number of hydrogen-bond donors (Lipinski definition) is 1. The van der Waals surface area contributed by atoms with Crippen LogP contribution in [0.15, 0.2) is 18.2 Å². The van der Waals surface area contributed by atoms with Crippen LogP contribution < -0.4 is 5.32 Å². The lowest BCUT2D eigenvalue weighted by Crippen LogP contribution is -2.23. The number of imidazole rings is 1. The van der Waals surface area contributed by atoms with Gasteiger partial charge in [0, 0.05) is 24.0 Å². The predicted octanol–water partition coefficient (Wildman–Crippen LogP) is 3.12. The van der Waals surface area contributed by atoms with Crippen molar-refractivity contribution in [1.29, 1.82) is 0 Å². The second-order valence-corrected chi connectivity index (χ2v) is 6.59. The number of hydrogen-bond acceptors (Lipinski definition) is 2. The van der Waals surface area contributed by atoms with Gasteiger partial charge in [0.05, 0.1) is 11.0 Å². The summed E-state index contributed by atoms with van der Waals surface area (Å²) >= 11 is 0. The average Bonchev–Trinajstić information content (AvgIpc) is 2.92. The van der Waals surface area contributed by atoms with Crippen LogP contribution in [0.25, 0.3) is 11.0 Å². The van der Waals surface area contributed by atoms with Crippen molar-refractivity contribution in [3.05, 3.63) is 29.8 Å². The molecule has 0 radical (unpaired) electrons. The first kappa shape index (κ1) is 11.3. The fourth-order valence-electron chi connectivity index (χ4n) is 4.17. The lowest BCUT2D eigenvalue weighted by atomic mass is 9.88. The van der Waals surface area contributed by atoms with Crippen molar-refractivity contribution < 1.29 is 4.39 Å². The topological polar surface area (TPSA) is 29.9 Å². The van der Waals surface area contributed by atoms with E-state index >= 15 is 0 Å². The van der Waals surface area contributed by atoms with E-state index in [2.05, 4.69) is 9.88 Å². The van der Waals surface area contributed by atoms with Gasteiger partial charge in [-0.1, -0.05) is 0 Å². The minimum absolute atomic E-state index is 0.156. The Morgan fingerprint density at radius 3 is 2.80 bits per heavy atom. The molecule has 3 aliphatic rings. The zero-order valence-electron chi connectivity index (χ0n) is 11.3. The largest absolute Gasteiger partial charge is 0.324 e. The number of benzene rings is 1. The molecule has 0 spiro atoms. The molecular weight excluding hydrogens is 253 g/mol. The van der Waals surface area contributed by atoms with E-state index < -0.39 is 0 Å². The van der Waals surface area contributed by atoms with Crippen molar-refractivity contribution in [2.24, 2.45) is 0 Å². The zero-order chi connectivity index (χ0) is 13.3. The predicted molar refractivity (Wildman–Crippen MR) is 75.3 cm³/mol. The van der Waals surface area contributed by atoms with Crippen LogP contribution in [0.4, 0.5) is 4.39 Å². The molecule has 0 amide bonds. The smallest absolute Gasteiger partial charge is 0.125 e. The Bertz CT molecular complexity index is 688. The van der Waals surface area contributed by atoms with Crippen LogP contribution in [0, 0.1) is 5.82 Å². The second kappa shape index (κ2) is 3.82. The number of nitrogens with zero attached hydrogens (tertiary/aromatic N) is 2. The quantitative estimate of drug-likeness (QED) is 0.909. The minimum atomic E-state index is -0.156. The van der Waals surface area contributed by atoms with Gasteiger partial charge in [-0.05, 0) is 50.3 Å². The first-order valence-electron chi connectivity index (χ1n) is 7.73. The molecule has 3 heterocycles. The van der Waals surface area contributed by atoms with Gasteiger partial charge in [0.1, 0.15) is 11.6 Å². The van der Waals surface area contributed by atoms with Gasteiger partial charge in [0.25, 0.3) is 0 Å². The number of fused-ring (bicyclic) bond motifs is 3. The number of halogens is 1. The highest BCUT2D eigenvalue weighted by molar-refractivity contribution is 5.76. The van der Waals surface area contributed by atoms with Gasteiger partial charge in [-0.15, -0.1) is 0 Å². The van der Waals surface area contributed by atoms with E-state index in [0.717, 1.165) is 11.0 Å². The minimum Gasteiger partial charge on any atom is -0.324 e. The van der Waals surface area contributed by atoms with E-state index in [1.165, 1.54) is 44.0 Å². The first-order valence-corrected chi connectivity index (χ1v) is 7.73. The van der Waals surface area contributed by atoms with Gasteiger partial charge < -0.3 is 9.88 Å². The van der Waals surface area contributed by atoms with Crippen LogP contribution in [-0.2, 0) is 0 Å². The lowest BCUT2D eigenvalue weighted by Gasteiger charge is -2.21. The van der Waals surface area contributed by atoms with Gasteiger partial charge in [0.15, 0.2) is 0 Å². The molecule has 3 atom stereocenters. The van der Waals surface area contributed by atoms with E-state index in [1.54, 1.807) is 6.07 Å². The van der Waals surface area contributed by atoms with Crippen molar-refractivity contribution in [3.8, 4) is 0 Å². The number of aromatic nitrogens is 2. The Labute approximate surface area is 117 Å². The summed E-state index contributed by atoms with van der Waals surface area (Å²) in [6.45, 7) is 0. The summed E-state index contributed by atoms with van der Waals surface area (Å²) in [7, 11) is 0. The van der Waals surface area contributed by atoms with Gasteiger partial charge in [0.2, 0.25) is 0 Å². The molecule has 3 fully saturated rings. The standard InChI is InChI=1S/C16H18FN3/c17-9-1-5-14-15(7-9)20(11-3-4-11)16(19-14)12-8-10-2-6-13(12)18-10/h1,5,7,10-13,18H,2-4,6,8H2. The molecule has 2 saturated heterocycles. The summed E-state index contributed by atoms with van der Waals surface area (Å²) < 4.78 is 15.9. The van der Waals surface area contributed by atoms with E-state index in [9.17, 15) is 4.39 Å². The fourth-order valence-corrected chi connectivity index (χ4v) is 4.17. The average molecular weight is 271 g/mol. The van der Waals surface area contributed by atoms with E-state index in [4.69, 9.17) is 4.98 Å². The molecule has 4 heteroatoms. The van der Waals surface area contributed by atoms with Gasteiger partial charge in [-0.2, -0.15) is 0 Å². The van der Waals surface area contributed by atoms with Crippen LogP contribution >= 0.6 is 0 Å². The summed E-state index contributed by atoms with van der Waals surface area (Å²) in [6, 6.07) is 6.82. The molecule has 2 aromatic rings. The summed E-state index contributed by atoms with van der Waals surface area (Å²) in [6.07, 6.45) is 6.19. The maximum absolute atomic E-state index is 13.6. The van der Waals surface area contributed by atoms with E-state index in [1.807, 2.05) is 6.07 Å². The maximum Gasteiger partial charge on any atom is 0.125 e. The van der Waals surface area contributed by atoms with Crippen molar-refractivity contribution >= 4 is 11.0 Å². The van der Waals surface area contributed by atoms with Crippen molar-refractivity contribution in [2.75, 3.05) is 0 Å². The highest BCUT2D eigenvalue weighted by Crippen LogP contribution is 2.45. The van der Waals surface area contributed by atoms with Gasteiger partial charge >= 0.3 is 0 Å². The summed E-state index contributed by atoms with van der Waals surface area (Å²) in [5.41, 5.74) is 1.95. The van der Waals surface area contributed by atoms with Crippen molar-refractivity contribution in [1.82, 2.24) is 14.9 Å². The fraction of sp³-hybridized carbons (Fsp3) is 0.562. The zero-order valence-corrected chi connectivity index (χ0v) is 11.3. The van der Waals surface area contributed by atoms with Crippen LogP contribution in [0.3, 0.4) is 0 Å². The molecule has 1 aromatic carbocycles. The van der Waals surface area contributed by atoms with Gasteiger partial charge in [-0.25, -0.2) is 9.37 Å². The molecule has 1 saturated carbocycles. The third kappa shape index (κ3) is 1.51. The summed E-state index contributed by atoms with van der Waals surface area (Å²) in [5.74, 6) is 1.56.